The van der Waals surface area contributed by atoms with Crippen molar-refractivity contribution >= 4 is 17.5 Å². The molecule has 132 valence electrons. The Balaban J connectivity index is 1.70. The van der Waals surface area contributed by atoms with Crippen LogP contribution in [0.25, 0.3) is 0 Å². The lowest BCUT2D eigenvalue weighted by molar-refractivity contribution is -0.129. The molecular formula is C19H24N4O2. The highest BCUT2D eigenvalue weighted by molar-refractivity contribution is 6.02. The number of hydrogen-bond donors (Lipinski definition) is 1. The average molecular weight is 340 g/mol. The third-order valence-corrected chi connectivity index (χ3v) is 4.85. The molecule has 1 N–H and O–H groups in total. The van der Waals surface area contributed by atoms with E-state index in [1.54, 1.807) is 22.0 Å². The number of rotatable bonds is 4. The molecule has 0 aliphatic carbocycles. The quantitative estimate of drug-likeness (QED) is 0.925. The summed E-state index contributed by atoms with van der Waals surface area (Å²) in [6.07, 6.45) is 4.07. The maximum absolute atomic E-state index is 12.8. The van der Waals surface area contributed by atoms with E-state index >= 15 is 0 Å². The Morgan fingerprint density at radius 1 is 1.28 bits per heavy atom. The number of aromatic nitrogens is 2. The Bertz CT molecular complexity index is 792. The van der Waals surface area contributed by atoms with Crippen LogP contribution in [0.3, 0.4) is 0 Å². The molecule has 0 spiro atoms. The Morgan fingerprint density at radius 2 is 1.96 bits per heavy atom. The minimum Gasteiger partial charge on any atom is -0.343 e. The Labute approximate surface area is 147 Å². The second kappa shape index (κ2) is 6.35. The van der Waals surface area contributed by atoms with E-state index in [1.807, 2.05) is 52.1 Å². The lowest BCUT2D eigenvalue weighted by atomic mass is 9.83. The predicted octanol–water partition coefficient (Wildman–Crippen LogP) is 1.93. The normalized spacial score (nSPS) is 17.8. The van der Waals surface area contributed by atoms with E-state index in [2.05, 4.69) is 10.4 Å². The Morgan fingerprint density at radius 3 is 2.56 bits per heavy atom. The monoisotopic (exact) mass is 340 g/mol. The maximum atomic E-state index is 12.8. The van der Waals surface area contributed by atoms with Crippen molar-refractivity contribution in [3.05, 3.63) is 47.8 Å². The van der Waals surface area contributed by atoms with Crippen molar-refractivity contribution in [2.45, 2.75) is 38.6 Å². The van der Waals surface area contributed by atoms with Gasteiger partial charge >= 0.3 is 0 Å². The van der Waals surface area contributed by atoms with E-state index < -0.39 is 11.5 Å². The molecule has 1 fully saturated rings. The average Bonchev–Trinajstić information content (AvgIpc) is 3.14. The minimum atomic E-state index is -0.699. The van der Waals surface area contributed by atoms with Crippen molar-refractivity contribution in [2.75, 3.05) is 11.4 Å². The number of aryl methyl sites for hydroxylation is 2. The number of carbonyl (C=O) groups excluding carboxylic acids is 2. The van der Waals surface area contributed by atoms with Gasteiger partial charge in [-0.25, -0.2) is 0 Å². The van der Waals surface area contributed by atoms with E-state index in [1.165, 1.54) is 0 Å². The summed E-state index contributed by atoms with van der Waals surface area (Å²) in [5.74, 6) is -0.219. The van der Waals surface area contributed by atoms with Crippen molar-refractivity contribution in [3.8, 4) is 0 Å². The van der Waals surface area contributed by atoms with Crippen molar-refractivity contribution in [2.24, 2.45) is 7.05 Å². The third-order valence-electron chi connectivity index (χ3n) is 4.85. The first kappa shape index (κ1) is 17.2. The highest BCUT2D eigenvalue weighted by Gasteiger charge is 2.38. The summed E-state index contributed by atoms with van der Waals surface area (Å²) in [4.78, 5) is 27.1. The van der Waals surface area contributed by atoms with Crippen LogP contribution in [-0.4, -0.2) is 34.2 Å². The molecule has 2 aromatic rings. The van der Waals surface area contributed by atoms with Gasteiger partial charge in [-0.05, 0) is 32.8 Å². The first-order valence-corrected chi connectivity index (χ1v) is 8.47. The molecule has 0 bridgehead atoms. The van der Waals surface area contributed by atoms with E-state index in [9.17, 15) is 9.59 Å². The van der Waals surface area contributed by atoms with Gasteiger partial charge in [0.25, 0.3) is 0 Å². The van der Waals surface area contributed by atoms with Gasteiger partial charge in [0.1, 0.15) is 6.04 Å². The standard InChI is InChI=1S/C19H24N4O2/c1-13-5-7-14(8-6-13)19(2,3)18(25)21-16-9-10-23(17(16)24)15-11-20-22(4)12-15/h5-8,11-12,16H,9-10H2,1-4H3,(H,21,25)/t16-/m1/s1. The van der Waals surface area contributed by atoms with Crippen LogP contribution in [0.1, 0.15) is 31.4 Å². The van der Waals surface area contributed by atoms with Gasteiger partial charge in [0.05, 0.1) is 17.3 Å². The molecule has 2 heterocycles. The highest BCUT2D eigenvalue weighted by Crippen LogP contribution is 2.26. The smallest absolute Gasteiger partial charge is 0.249 e. The molecule has 1 aromatic carbocycles. The van der Waals surface area contributed by atoms with Crippen LogP contribution in [0.2, 0.25) is 0 Å². The zero-order valence-corrected chi connectivity index (χ0v) is 15.1. The van der Waals surface area contributed by atoms with Crippen LogP contribution in [-0.2, 0) is 22.1 Å². The van der Waals surface area contributed by atoms with Crippen LogP contribution >= 0.6 is 0 Å². The zero-order valence-electron chi connectivity index (χ0n) is 15.1. The number of anilines is 1. The largest absolute Gasteiger partial charge is 0.343 e. The van der Waals surface area contributed by atoms with E-state index in [0.29, 0.717) is 13.0 Å². The van der Waals surface area contributed by atoms with Gasteiger partial charge in [-0.15, -0.1) is 0 Å². The highest BCUT2D eigenvalue weighted by atomic mass is 16.2. The van der Waals surface area contributed by atoms with Crippen molar-refractivity contribution in [3.63, 3.8) is 0 Å². The molecule has 25 heavy (non-hydrogen) atoms. The van der Waals surface area contributed by atoms with E-state index in [0.717, 1.165) is 16.8 Å². The third kappa shape index (κ3) is 3.29. The van der Waals surface area contributed by atoms with Gasteiger partial charge in [-0.3, -0.25) is 14.3 Å². The summed E-state index contributed by atoms with van der Waals surface area (Å²) in [5.41, 5.74) is 2.15. The predicted molar refractivity (Wildman–Crippen MR) is 96.3 cm³/mol. The summed E-state index contributed by atoms with van der Waals surface area (Å²) in [5, 5.41) is 7.03. The van der Waals surface area contributed by atoms with Gasteiger partial charge in [0.2, 0.25) is 11.8 Å². The molecule has 1 atom stereocenters. The first-order chi connectivity index (χ1) is 11.8. The number of amides is 2. The number of benzene rings is 1. The van der Waals surface area contributed by atoms with Crippen LogP contribution in [0.4, 0.5) is 5.69 Å². The fourth-order valence-electron chi connectivity index (χ4n) is 3.06. The number of nitrogens with zero attached hydrogens (tertiary/aromatic N) is 3. The van der Waals surface area contributed by atoms with Crippen LogP contribution in [0.5, 0.6) is 0 Å². The van der Waals surface area contributed by atoms with E-state index in [-0.39, 0.29) is 11.8 Å². The lowest BCUT2D eigenvalue weighted by Gasteiger charge is -2.26. The summed E-state index contributed by atoms with van der Waals surface area (Å²) < 4.78 is 1.66. The van der Waals surface area contributed by atoms with Crippen LogP contribution in [0, 0.1) is 6.92 Å². The summed E-state index contributed by atoms with van der Waals surface area (Å²) in [6, 6.07) is 7.43. The molecule has 1 aromatic heterocycles. The molecule has 6 nitrogen and oxygen atoms in total. The summed E-state index contributed by atoms with van der Waals surface area (Å²) in [6.45, 7) is 6.36. The zero-order chi connectivity index (χ0) is 18.2. The molecule has 1 aliphatic rings. The molecule has 1 saturated heterocycles. The van der Waals surface area contributed by atoms with Gasteiger partial charge in [-0.1, -0.05) is 29.8 Å². The fourth-order valence-corrected chi connectivity index (χ4v) is 3.06. The Hall–Kier alpha value is -2.63. The van der Waals surface area contributed by atoms with Gasteiger partial charge in [0, 0.05) is 19.8 Å². The molecule has 6 heteroatoms. The fraction of sp³-hybridized carbons (Fsp3) is 0.421. The van der Waals surface area contributed by atoms with Crippen molar-refractivity contribution in [1.29, 1.82) is 0 Å². The van der Waals surface area contributed by atoms with E-state index in [4.69, 9.17) is 0 Å². The van der Waals surface area contributed by atoms with Gasteiger partial charge in [0.15, 0.2) is 0 Å². The summed E-state index contributed by atoms with van der Waals surface area (Å²) >= 11 is 0. The van der Waals surface area contributed by atoms with Crippen LogP contribution < -0.4 is 10.2 Å². The lowest BCUT2D eigenvalue weighted by Crippen LogP contribution is -2.48. The molecule has 0 radical (unpaired) electrons. The molecular weight excluding hydrogens is 316 g/mol. The number of carbonyl (C=O) groups is 2. The topological polar surface area (TPSA) is 67.2 Å². The first-order valence-electron chi connectivity index (χ1n) is 8.47. The molecule has 3 rings (SSSR count). The minimum absolute atomic E-state index is 0.0824. The van der Waals surface area contributed by atoms with Gasteiger partial charge < -0.3 is 10.2 Å². The molecule has 0 unspecified atom stereocenters. The second-order valence-corrected chi connectivity index (χ2v) is 7.17. The number of nitrogens with one attached hydrogen (secondary N) is 1. The molecule has 2 amide bonds. The van der Waals surface area contributed by atoms with Gasteiger partial charge in [-0.2, -0.15) is 5.10 Å². The van der Waals surface area contributed by atoms with Crippen LogP contribution in [0.15, 0.2) is 36.7 Å². The SMILES string of the molecule is Cc1ccc(C(C)(C)C(=O)N[C@@H]2CCN(c3cnn(C)c3)C2=O)cc1. The second-order valence-electron chi connectivity index (χ2n) is 7.17. The summed E-state index contributed by atoms with van der Waals surface area (Å²) in [7, 11) is 1.81. The Kier molecular flexibility index (Phi) is 4.37. The number of hydrogen-bond acceptors (Lipinski definition) is 3. The molecule has 1 aliphatic heterocycles. The van der Waals surface area contributed by atoms with Crippen molar-refractivity contribution < 1.29 is 9.59 Å². The van der Waals surface area contributed by atoms with Crippen molar-refractivity contribution in [1.82, 2.24) is 15.1 Å². The maximum Gasteiger partial charge on any atom is 0.249 e. The molecule has 0 saturated carbocycles.